The van der Waals surface area contributed by atoms with Crippen molar-refractivity contribution in [1.82, 2.24) is 0 Å². The molecule has 1 amide bonds. The van der Waals surface area contributed by atoms with E-state index in [1.165, 1.54) is 6.92 Å². The summed E-state index contributed by atoms with van der Waals surface area (Å²) in [7, 11) is 0. The van der Waals surface area contributed by atoms with Crippen LogP contribution in [0.1, 0.15) is 6.92 Å². The van der Waals surface area contributed by atoms with Crippen molar-refractivity contribution >= 4 is 40.8 Å². The molecule has 2 aromatic carbocycles. The Bertz CT molecular complexity index is 719. The summed E-state index contributed by atoms with van der Waals surface area (Å²) in [5.74, 6) is -0.668. The van der Waals surface area contributed by atoms with Gasteiger partial charge in [-0.05, 0) is 43.3 Å². The minimum Gasteiger partial charge on any atom is -0.479 e. The highest BCUT2D eigenvalue weighted by Crippen LogP contribution is 2.20. The second-order valence-corrected chi connectivity index (χ2v) is 5.69. The van der Waals surface area contributed by atoms with Gasteiger partial charge in [-0.2, -0.15) is 0 Å². The quantitative estimate of drug-likeness (QED) is 0.785. The van der Waals surface area contributed by atoms with Crippen LogP contribution in [0, 0.1) is 0 Å². The number of anilines is 1. The normalized spacial score (nSPS) is 11.5. The number of amides is 1. The average Bonchev–Trinajstić information content (AvgIpc) is 2.57. The first-order chi connectivity index (χ1) is 11.5. The maximum Gasteiger partial charge on any atom is 0.347 e. The predicted molar refractivity (Wildman–Crippen MR) is 92.6 cm³/mol. The fourth-order valence-corrected chi connectivity index (χ4v) is 2.08. The molecule has 0 radical (unpaired) electrons. The number of carbonyl (C=O) groups is 2. The molecule has 0 aliphatic rings. The lowest BCUT2D eigenvalue weighted by Crippen LogP contribution is -2.29. The molecule has 126 valence electrons. The summed E-state index contributed by atoms with van der Waals surface area (Å²) in [6, 6.07) is 13.3. The van der Waals surface area contributed by atoms with Gasteiger partial charge in [-0.1, -0.05) is 35.3 Å². The van der Waals surface area contributed by atoms with Crippen LogP contribution < -0.4 is 10.1 Å². The Balaban J connectivity index is 1.80. The number of halogens is 2. The molecule has 0 heterocycles. The third-order valence-corrected chi connectivity index (χ3v) is 3.53. The lowest BCUT2D eigenvalue weighted by molar-refractivity contribution is -0.153. The Hall–Kier alpha value is -2.24. The van der Waals surface area contributed by atoms with Gasteiger partial charge in [0.2, 0.25) is 0 Å². The maximum absolute atomic E-state index is 11.9. The summed E-state index contributed by atoms with van der Waals surface area (Å²) in [6.07, 6.45) is -0.862. The molecule has 2 rings (SSSR count). The summed E-state index contributed by atoms with van der Waals surface area (Å²) in [5, 5.41) is 3.52. The van der Waals surface area contributed by atoms with E-state index in [4.69, 9.17) is 32.7 Å². The maximum atomic E-state index is 11.9. The highest BCUT2D eigenvalue weighted by Gasteiger charge is 2.18. The monoisotopic (exact) mass is 367 g/mol. The zero-order chi connectivity index (χ0) is 17.5. The Morgan fingerprint density at radius 3 is 2.42 bits per heavy atom. The molecule has 1 atom stereocenters. The highest BCUT2D eigenvalue weighted by atomic mass is 35.5. The molecule has 0 aliphatic heterocycles. The number of esters is 1. The van der Waals surface area contributed by atoms with E-state index in [-0.39, 0.29) is 0 Å². The molecule has 0 saturated heterocycles. The number of carbonyl (C=O) groups excluding carboxylic acids is 2. The fourth-order valence-electron chi connectivity index (χ4n) is 1.77. The Labute approximate surface area is 149 Å². The first-order valence-corrected chi connectivity index (χ1v) is 7.84. The summed E-state index contributed by atoms with van der Waals surface area (Å²) < 4.78 is 10.3. The van der Waals surface area contributed by atoms with Gasteiger partial charge >= 0.3 is 5.97 Å². The Morgan fingerprint density at radius 1 is 1.08 bits per heavy atom. The molecule has 0 spiro atoms. The van der Waals surface area contributed by atoms with Crippen molar-refractivity contribution in [3.63, 3.8) is 0 Å². The van der Waals surface area contributed by atoms with Crippen LogP contribution in [0.4, 0.5) is 5.69 Å². The number of nitrogens with one attached hydrogen (secondary N) is 1. The van der Waals surface area contributed by atoms with Crippen molar-refractivity contribution in [1.29, 1.82) is 0 Å². The topological polar surface area (TPSA) is 64.6 Å². The van der Waals surface area contributed by atoms with Crippen molar-refractivity contribution < 1.29 is 19.1 Å². The molecular formula is C17H15Cl2NO4. The van der Waals surface area contributed by atoms with Crippen LogP contribution in [-0.2, 0) is 14.3 Å². The number of ether oxygens (including phenoxy) is 2. The van der Waals surface area contributed by atoms with Gasteiger partial charge < -0.3 is 14.8 Å². The lowest BCUT2D eigenvalue weighted by atomic mass is 10.3. The Morgan fingerprint density at radius 2 is 1.75 bits per heavy atom. The number of hydrogen-bond donors (Lipinski definition) is 1. The van der Waals surface area contributed by atoms with Gasteiger partial charge in [0.15, 0.2) is 12.7 Å². The molecule has 0 aromatic heterocycles. The molecule has 0 saturated carbocycles. The van der Waals surface area contributed by atoms with E-state index in [0.717, 1.165) is 0 Å². The van der Waals surface area contributed by atoms with Gasteiger partial charge in [0, 0.05) is 5.02 Å². The van der Waals surface area contributed by atoms with Crippen molar-refractivity contribution in [2.24, 2.45) is 0 Å². The van der Waals surface area contributed by atoms with E-state index in [1.807, 2.05) is 0 Å². The summed E-state index contributed by atoms with van der Waals surface area (Å²) in [6.45, 7) is 1.10. The van der Waals surface area contributed by atoms with Crippen LogP contribution in [-0.4, -0.2) is 24.6 Å². The minimum absolute atomic E-state index is 0.400. The van der Waals surface area contributed by atoms with E-state index in [0.29, 0.717) is 21.5 Å². The fraction of sp³-hybridized carbons (Fsp3) is 0.176. The number of para-hydroxylation sites is 1. The van der Waals surface area contributed by atoms with Gasteiger partial charge in [-0.3, -0.25) is 4.79 Å². The van der Waals surface area contributed by atoms with E-state index in [9.17, 15) is 9.59 Å². The van der Waals surface area contributed by atoms with Crippen LogP contribution in [0.15, 0.2) is 48.5 Å². The minimum atomic E-state index is -0.862. The molecule has 5 nitrogen and oxygen atoms in total. The lowest BCUT2D eigenvalue weighted by Gasteiger charge is -2.14. The molecule has 24 heavy (non-hydrogen) atoms. The zero-order valence-corrected chi connectivity index (χ0v) is 14.3. The third kappa shape index (κ3) is 5.44. The highest BCUT2D eigenvalue weighted by molar-refractivity contribution is 6.33. The van der Waals surface area contributed by atoms with Crippen molar-refractivity contribution in [3.05, 3.63) is 58.6 Å². The van der Waals surface area contributed by atoms with Crippen molar-refractivity contribution in [2.75, 3.05) is 11.9 Å². The van der Waals surface area contributed by atoms with E-state index >= 15 is 0 Å². The van der Waals surface area contributed by atoms with Gasteiger partial charge in [0.25, 0.3) is 5.91 Å². The number of benzene rings is 2. The molecule has 0 unspecified atom stereocenters. The molecule has 0 fully saturated rings. The second-order valence-electron chi connectivity index (χ2n) is 4.85. The second kappa shape index (κ2) is 8.57. The van der Waals surface area contributed by atoms with E-state index in [1.54, 1.807) is 48.5 Å². The molecular weight excluding hydrogens is 353 g/mol. The van der Waals surface area contributed by atoms with Crippen LogP contribution in [0.3, 0.4) is 0 Å². The van der Waals surface area contributed by atoms with Gasteiger partial charge in [0.1, 0.15) is 5.75 Å². The van der Waals surface area contributed by atoms with E-state index in [2.05, 4.69) is 5.32 Å². The molecule has 0 bridgehead atoms. The van der Waals surface area contributed by atoms with Crippen LogP contribution >= 0.6 is 23.2 Å². The number of hydrogen-bond acceptors (Lipinski definition) is 4. The van der Waals surface area contributed by atoms with Crippen molar-refractivity contribution in [2.45, 2.75) is 13.0 Å². The van der Waals surface area contributed by atoms with Gasteiger partial charge in [0.05, 0.1) is 10.7 Å². The molecule has 2 aromatic rings. The van der Waals surface area contributed by atoms with Crippen LogP contribution in [0.2, 0.25) is 10.0 Å². The smallest absolute Gasteiger partial charge is 0.347 e. The SMILES string of the molecule is C[C@H](Oc1ccc(Cl)cc1)C(=O)OCC(=O)Nc1ccccc1Cl. The van der Waals surface area contributed by atoms with Gasteiger partial charge in [-0.25, -0.2) is 4.79 Å². The largest absolute Gasteiger partial charge is 0.479 e. The first-order valence-electron chi connectivity index (χ1n) is 7.09. The number of rotatable bonds is 6. The Kier molecular flexibility index (Phi) is 6.46. The third-order valence-electron chi connectivity index (χ3n) is 2.95. The van der Waals surface area contributed by atoms with Crippen molar-refractivity contribution in [3.8, 4) is 5.75 Å². The zero-order valence-electron chi connectivity index (χ0n) is 12.8. The summed E-state index contributed by atoms with van der Waals surface area (Å²) in [4.78, 5) is 23.6. The summed E-state index contributed by atoms with van der Waals surface area (Å²) in [5.41, 5.74) is 0.450. The summed E-state index contributed by atoms with van der Waals surface area (Å²) >= 11 is 11.7. The van der Waals surface area contributed by atoms with E-state index < -0.39 is 24.6 Å². The average molecular weight is 368 g/mol. The van der Waals surface area contributed by atoms with Crippen LogP contribution in [0.5, 0.6) is 5.75 Å². The van der Waals surface area contributed by atoms with Crippen LogP contribution in [0.25, 0.3) is 0 Å². The van der Waals surface area contributed by atoms with Gasteiger partial charge in [-0.15, -0.1) is 0 Å². The standard InChI is InChI=1S/C17H15Cl2NO4/c1-11(24-13-8-6-12(18)7-9-13)17(22)23-10-16(21)20-15-5-3-2-4-14(15)19/h2-9,11H,10H2,1H3,(H,20,21)/t11-/m0/s1. The first kappa shape index (κ1) is 18.1. The molecule has 0 aliphatic carbocycles. The molecule has 7 heteroatoms. The predicted octanol–water partition coefficient (Wildman–Crippen LogP) is 3.94. The molecule has 1 N–H and O–H groups in total.